The van der Waals surface area contributed by atoms with Gasteiger partial charge in [-0.25, -0.2) is 4.39 Å². The van der Waals surface area contributed by atoms with Gasteiger partial charge < -0.3 is 9.15 Å². The molecule has 0 unspecified atom stereocenters. The van der Waals surface area contributed by atoms with Gasteiger partial charge in [-0.15, -0.1) is 0 Å². The van der Waals surface area contributed by atoms with E-state index in [4.69, 9.17) is 9.15 Å². The first-order chi connectivity index (χ1) is 8.79. The van der Waals surface area contributed by atoms with Gasteiger partial charge in [0.1, 0.15) is 11.3 Å². The van der Waals surface area contributed by atoms with Gasteiger partial charge >= 0.3 is 0 Å². The molecule has 1 heterocycles. The molecular weight excluding hydrogens is 231 g/mol. The van der Waals surface area contributed by atoms with Gasteiger partial charge in [-0.3, -0.25) is 0 Å². The van der Waals surface area contributed by atoms with E-state index < -0.39 is 0 Å². The molecule has 0 atom stereocenters. The molecule has 0 N–H and O–H groups in total. The minimum atomic E-state index is -0.334. The van der Waals surface area contributed by atoms with E-state index in [1.54, 1.807) is 43.5 Å². The van der Waals surface area contributed by atoms with Crippen LogP contribution in [0.25, 0.3) is 22.3 Å². The number of rotatable bonds is 2. The van der Waals surface area contributed by atoms with Crippen molar-refractivity contribution in [1.82, 2.24) is 0 Å². The average molecular weight is 242 g/mol. The number of hydrogen-bond donors (Lipinski definition) is 0. The van der Waals surface area contributed by atoms with Crippen LogP contribution in [0.1, 0.15) is 0 Å². The number of benzene rings is 2. The Bertz CT molecular complexity index is 701. The standard InChI is InChI=1S/C15H11FO2/c1-17-11-6-4-5-10(9-11)15-14(16)12-7-2-3-8-13(12)18-15/h2-9H,1H3. The van der Waals surface area contributed by atoms with Crippen LogP contribution in [0.3, 0.4) is 0 Å². The summed E-state index contributed by atoms with van der Waals surface area (Å²) < 4.78 is 24.9. The predicted octanol–water partition coefficient (Wildman–Crippen LogP) is 4.25. The van der Waals surface area contributed by atoms with Crippen LogP contribution in [-0.2, 0) is 0 Å². The van der Waals surface area contributed by atoms with E-state index in [1.807, 2.05) is 12.1 Å². The Morgan fingerprint density at radius 1 is 1.06 bits per heavy atom. The van der Waals surface area contributed by atoms with Crippen molar-refractivity contribution in [1.29, 1.82) is 0 Å². The Balaban J connectivity index is 2.21. The van der Waals surface area contributed by atoms with E-state index in [0.717, 1.165) is 0 Å². The summed E-state index contributed by atoms with van der Waals surface area (Å²) in [5, 5.41) is 0.496. The summed E-state index contributed by atoms with van der Waals surface area (Å²) >= 11 is 0. The quantitative estimate of drug-likeness (QED) is 0.670. The van der Waals surface area contributed by atoms with Gasteiger partial charge in [0, 0.05) is 5.56 Å². The second kappa shape index (κ2) is 4.18. The Morgan fingerprint density at radius 3 is 2.67 bits per heavy atom. The molecule has 0 fully saturated rings. The minimum absolute atomic E-state index is 0.245. The number of fused-ring (bicyclic) bond motifs is 1. The number of para-hydroxylation sites is 1. The molecule has 0 aliphatic heterocycles. The molecule has 1 aromatic heterocycles. The maximum absolute atomic E-state index is 14.2. The van der Waals surface area contributed by atoms with Crippen LogP contribution in [0.5, 0.6) is 5.75 Å². The highest BCUT2D eigenvalue weighted by Gasteiger charge is 2.15. The summed E-state index contributed by atoms with van der Waals surface area (Å²) in [6.07, 6.45) is 0. The van der Waals surface area contributed by atoms with Crippen molar-refractivity contribution in [2.45, 2.75) is 0 Å². The summed E-state index contributed by atoms with van der Waals surface area (Å²) in [4.78, 5) is 0. The van der Waals surface area contributed by atoms with Crippen molar-refractivity contribution in [3.63, 3.8) is 0 Å². The van der Waals surface area contributed by atoms with Crippen LogP contribution < -0.4 is 4.74 Å². The Labute approximate surface area is 104 Å². The van der Waals surface area contributed by atoms with Gasteiger partial charge in [-0.2, -0.15) is 0 Å². The summed E-state index contributed by atoms with van der Waals surface area (Å²) in [7, 11) is 1.58. The molecule has 18 heavy (non-hydrogen) atoms. The Morgan fingerprint density at radius 2 is 1.89 bits per heavy atom. The summed E-state index contributed by atoms with van der Waals surface area (Å²) in [6, 6.07) is 14.2. The average Bonchev–Trinajstić information content (AvgIpc) is 2.77. The summed E-state index contributed by atoms with van der Waals surface area (Å²) in [6.45, 7) is 0. The van der Waals surface area contributed by atoms with E-state index in [0.29, 0.717) is 22.3 Å². The molecule has 0 saturated heterocycles. The number of hydrogen-bond acceptors (Lipinski definition) is 2. The molecule has 90 valence electrons. The first-order valence-electron chi connectivity index (χ1n) is 5.61. The zero-order valence-electron chi connectivity index (χ0n) is 9.81. The van der Waals surface area contributed by atoms with Gasteiger partial charge in [0.05, 0.1) is 12.5 Å². The van der Waals surface area contributed by atoms with Crippen LogP contribution in [0.15, 0.2) is 52.9 Å². The number of ether oxygens (including phenoxy) is 1. The molecule has 3 rings (SSSR count). The molecule has 0 saturated carbocycles. The van der Waals surface area contributed by atoms with Crippen LogP contribution in [-0.4, -0.2) is 7.11 Å². The normalized spacial score (nSPS) is 10.8. The minimum Gasteiger partial charge on any atom is -0.497 e. The first kappa shape index (κ1) is 10.8. The highest BCUT2D eigenvalue weighted by molar-refractivity contribution is 5.83. The van der Waals surface area contributed by atoms with Crippen LogP contribution in [0, 0.1) is 5.82 Å². The maximum atomic E-state index is 14.2. The van der Waals surface area contributed by atoms with E-state index in [9.17, 15) is 4.39 Å². The fourth-order valence-corrected chi connectivity index (χ4v) is 1.96. The fraction of sp³-hybridized carbons (Fsp3) is 0.0667. The van der Waals surface area contributed by atoms with Crippen molar-refractivity contribution in [2.75, 3.05) is 7.11 Å². The lowest BCUT2D eigenvalue weighted by molar-refractivity contribution is 0.415. The maximum Gasteiger partial charge on any atom is 0.177 e. The van der Waals surface area contributed by atoms with Crippen LogP contribution in [0.2, 0.25) is 0 Å². The fourth-order valence-electron chi connectivity index (χ4n) is 1.96. The van der Waals surface area contributed by atoms with E-state index >= 15 is 0 Å². The van der Waals surface area contributed by atoms with Crippen molar-refractivity contribution >= 4 is 11.0 Å². The monoisotopic (exact) mass is 242 g/mol. The molecular formula is C15H11FO2. The molecule has 0 radical (unpaired) electrons. The van der Waals surface area contributed by atoms with Crippen molar-refractivity contribution < 1.29 is 13.5 Å². The van der Waals surface area contributed by atoms with Crippen LogP contribution >= 0.6 is 0 Å². The Kier molecular flexibility index (Phi) is 2.52. The molecule has 3 aromatic rings. The number of methoxy groups -OCH3 is 1. The highest BCUT2D eigenvalue weighted by atomic mass is 19.1. The lowest BCUT2D eigenvalue weighted by atomic mass is 10.1. The first-order valence-corrected chi connectivity index (χ1v) is 5.61. The molecule has 0 amide bonds. The second-order valence-corrected chi connectivity index (χ2v) is 3.97. The molecule has 0 bridgehead atoms. The molecule has 2 aromatic carbocycles. The molecule has 2 nitrogen and oxygen atoms in total. The van der Waals surface area contributed by atoms with Crippen molar-refractivity contribution in [3.05, 3.63) is 54.3 Å². The summed E-state index contributed by atoms with van der Waals surface area (Å²) in [5.41, 5.74) is 1.22. The predicted molar refractivity (Wildman–Crippen MR) is 68.2 cm³/mol. The smallest absolute Gasteiger partial charge is 0.177 e. The number of halogens is 1. The van der Waals surface area contributed by atoms with Gasteiger partial charge in [0.15, 0.2) is 11.6 Å². The Hall–Kier alpha value is -2.29. The third kappa shape index (κ3) is 1.64. The topological polar surface area (TPSA) is 22.4 Å². The summed E-state index contributed by atoms with van der Waals surface area (Å²) in [5.74, 6) is 0.585. The van der Waals surface area contributed by atoms with Gasteiger partial charge in [0.2, 0.25) is 0 Å². The third-order valence-corrected chi connectivity index (χ3v) is 2.87. The van der Waals surface area contributed by atoms with E-state index in [-0.39, 0.29) is 11.6 Å². The van der Waals surface area contributed by atoms with Crippen molar-refractivity contribution in [3.8, 4) is 17.1 Å². The zero-order valence-corrected chi connectivity index (χ0v) is 9.81. The molecule has 0 spiro atoms. The van der Waals surface area contributed by atoms with Crippen molar-refractivity contribution in [2.24, 2.45) is 0 Å². The lowest BCUT2D eigenvalue weighted by Gasteiger charge is -2.01. The van der Waals surface area contributed by atoms with Gasteiger partial charge in [-0.05, 0) is 24.3 Å². The molecule has 0 aliphatic rings. The largest absolute Gasteiger partial charge is 0.497 e. The third-order valence-electron chi connectivity index (χ3n) is 2.87. The molecule has 0 aliphatic carbocycles. The van der Waals surface area contributed by atoms with Crippen LogP contribution in [0.4, 0.5) is 4.39 Å². The highest BCUT2D eigenvalue weighted by Crippen LogP contribution is 2.33. The van der Waals surface area contributed by atoms with Gasteiger partial charge in [0.25, 0.3) is 0 Å². The number of furan rings is 1. The van der Waals surface area contributed by atoms with E-state index in [1.165, 1.54) is 0 Å². The molecule has 3 heteroatoms. The second-order valence-electron chi connectivity index (χ2n) is 3.97. The zero-order chi connectivity index (χ0) is 12.5. The van der Waals surface area contributed by atoms with Gasteiger partial charge in [-0.1, -0.05) is 24.3 Å². The lowest BCUT2D eigenvalue weighted by Crippen LogP contribution is -1.84. The SMILES string of the molecule is COc1cccc(-c2oc3ccccc3c2F)c1. The van der Waals surface area contributed by atoms with E-state index in [2.05, 4.69) is 0 Å².